The van der Waals surface area contributed by atoms with Crippen molar-refractivity contribution in [2.24, 2.45) is 0 Å². The number of hydrogen-bond acceptors (Lipinski definition) is 6. The summed E-state index contributed by atoms with van der Waals surface area (Å²) in [5.41, 5.74) is 1.60. The molecule has 2 atom stereocenters. The Bertz CT molecular complexity index is 1150. The van der Waals surface area contributed by atoms with E-state index in [1.54, 1.807) is 16.8 Å². The number of benzene rings is 1. The van der Waals surface area contributed by atoms with E-state index in [0.717, 1.165) is 24.6 Å². The number of H-pyrrole nitrogens is 1. The highest BCUT2D eigenvalue weighted by Gasteiger charge is 2.32. The topological polar surface area (TPSA) is 104 Å². The molecule has 1 saturated heterocycles. The van der Waals surface area contributed by atoms with Crippen LogP contribution in [0, 0.1) is 6.92 Å². The Morgan fingerprint density at radius 1 is 1.23 bits per heavy atom. The molecule has 31 heavy (non-hydrogen) atoms. The normalized spacial score (nSPS) is 19.5. The Balaban J connectivity index is 1.36. The van der Waals surface area contributed by atoms with Crippen LogP contribution in [0.15, 0.2) is 55.0 Å². The lowest BCUT2D eigenvalue weighted by Gasteiger charge is -2.38. The summed E-state index contributed by atoms with van der Waals surface area (Å²) in [4.78, 5) is 28.3. The molecule has 1 fully saturated rings. The number of nitrogens with one attached hydrogen (secondary N) is 2. The molecular weight excluding hydrogens is 392 g/mol. The lowest BCUT2D eigenvalue weighted by atomic mass is 9.85. The Hall–Kier alpha value is -3.59. The van der Waals surface area contributed by atoms with Crippen molar-refractivity contribution in [3.8, 4) is 0 Å². The standard InChI is InChI=1S/C22H24N8O/c1-15-24-20(28-27-15)14-29-11-8-17(16-6-3-2-4-7-16)18(12-29)25-21(31)19-13-30-10-5-9-23-22(30)26-19/h2-7,9-10,13,17-18H,8,11-12,14H2,1H3,(H,25,31)(H,24,27,28)/t17-,18-/m0/s1. The highest BCUT2D eigenvalue weighted by Crippen LogP contribution is 2.29. The maximum Gasteiger partial charge on any atom is 0.271 e. The molecule has 1 aliphatic heterocycles. The molecule has 5 rings (SSSR count). The zero-order valence-corrected chi connectivity index (χ0v) is 17.3. The highest BCUT2D eigenvalue weighted by atomic mass is 16.2. The molecule has 1 amide bonds. The fourth-order valence-corrected chi connectivity index (χ4v) is 4.25. The predicted octanol–water partition coefficient (Wildman–Crippen LogP) is 1.94. The third-order valence-corrected chi connectivity index (χ3v) is 5.72. The largest absolute Gasteiger partial charge is 0.346 e. The summed E-state index contributed by atoms with van der Waals surface area (Å²) in [5, 5.41) is 10.4. The summed E-state index contributed by atoms with van der Waals surface area (Å²) >= 11 is 0. The van der Waals surface area contributed by atoms with Crippen molar-refractivity contribution in [1.82, 2.24) is 39.8 Å². The van der Waals surface area contributed by atoms with E-state index in [1.807, 2.05) is 37.4 Å². The molecule has 4 aromatic rings. The summed E-state index contributed by atoms with van der Waals surface area (Å²) < 4.78 is 1.75. The first-order chi connectivity index (χ1) is 15.2. The summed E-state index contributed by atoms with van der Waals surface area (Å²) in [5.74, 6) is 2.13. The summed E-state index contributed by atoms with van der Waals surface area (Å²) in [6.07, 6.45) is 6.15. The van der Waals surface area contributed by atoms with Crippen LogP contribution in [0.25, 0.3) is 5.78 Å². The van der Waals surface area contributed by atoms with Crippen LogP contribution < -0.4 is 5.32 Å². The number of rotatable bonds is 5. The molecule has 9 heteroatoms. The second kappa shape index (κ2) is 8.27. The fraction of sp³-hybridized carbons (Fsp3) is 0.318. The van der Waals surface area contributed by atoms with Gasteiger partial charge < -0.3 is 5.32 Å². The van der Waals surface area contributed by atoms with Crippen LogP contribution in [0.2, 0.25) is 0 Å². The number of aromatic nitrogens is 6. The maximum absolute atomic E-state index is 13.1. The molecule has 0 bridgehead atoms. The monoisotopic (exact) mass is 416 g/mol. The van der Waals surface area contributed by atoms with Gasteiger partial charge in [0.05, 0.1) is 6.54 Å². The number of nitrogens with zero attached hydrogens (tertiary/aromatic N) is 6. The smallest absolute Gasteiger partial charge is 0.271 e. The molecular formula is C22H24N8O. The van der Waals surface area contributed by atoms with Crippen molar-refractivity contribution in [1.29, 1.82) is 0 Å². The predicted molar refractivity (Wildman–Crippen MR) is 114 cm³/mol. The number of carbonyl (C=O) groups excluding carboxylic acids is 1. The van der Waals surface area contributed by atoms with E-state index in [-0.39, 0.29) is 17.9 Å². The van der Waals surface area contributed by atoms with Crippen LogP contribution in [-0.4, -0.2) is 59.5 Å². The number of carbonyl (C=O) groups is 1. The Morgan fingerprint density at radius 3 is 2.87 bits per heavy atom. The molecule has 1 aromatic carbocycles. The number of fused-ring (bicyclic) bond motifs is 1. The van der Waals surface area contributed by atoms with Crippen molar-refractivity contribution in [2.75, 3.05) is 13.1 Å². The zero-order chi connectivity index (χ0) is 21.2. The van der Waals surface area contributed by atoms with Crippen LogP contribution in [-0.2, 0) is 6.54 Å². The SMILES string of the molecule is Cc1nc(CN2CC[C@@H](c3ccccc3)[C@@H](NC(=O)c3cn4cccnc4n3)C2)n[nH]1. The summed E-state index contributed by atoms with van der Waals surface area (Å²) in [6, 6.07) is 12.1. The molecule has 3 aromatic heterocycles. The Labute approximate surface area is 179 Å². The molecule has 0 spiro atoms. The van der Waals surface area contributed by atoms with Crippen molar-refractivity contribution in [3.05, 3.63) is 77.9 Å². The average molecular weight is 416 g/mol. The van der Waals surface area contributed by atoms with Crippen LogP contribution >= 0.6 is 0 Å². The first-order valence-corrected chi connectivity index (χ1v) is 10.4. The van der Waals surface area contributed by atoms with Gasteiger partial charge in [-0.2, -0.15) is 5.10 Å². The van der Waals surface area contributed by atoms with Gasteiger partial charge in [-0.15, -0.1) is 0 Å². The van der Waals surface area contributed by atoms with Crippen molar-refractivity contribution >= 4 is 11.7 Å². The number of piperidine rings is 1. The van der Waals surface area contributed by atoms with Crippen molar-refractivity contribution in [3.63, 3.8) is 0 Å². The van der Waals surface area contributed by atoms with Crippen LogP contribution in [0.5, 0.6) is 0 Å². The molecule has 9 nitrogen and oxygen atoms in total. The summed E-state index contributed by atoms with van der Waals surface area (Å²) in [7, 11) is 0. The van der Waals surface area contributed by atoms with E-state index in [1.165, 1.54) is 5.56 Å². The maximum atomic E-state index is 13.1. The lowest BCUT2D eigenvalue weighted by Crippen LogP contribution is -2.51. The average Bonchev–Trinajstić information content (AvgIpc) is 3.40. The van der Waals surface area contributed by atoms with Crippen molar-refractivity contribution < 1.29 is 4.79 Å². The van der Waals surface area contributed by atoms with Gasteiger partial charge in [0.2, 0.25) is 5.78 Å². The molecule has 0 radical (unpaired) electrons. The van der Waals surface area contributed by atoms with Gasteiger partial charge >= 0.3 is 0 Å². The lowest BCUT2D eigenvalue weighted by molar-refractivity contribution is 0.0877. The summed E-state index contributed by atoms with van der Waals surface area (Å²) in [6.45, 7) is 4.17. The fourth-order valence-electron chi connectivity index (χ4n) is 4.25. The second-order valence-corrected chi connectivity index (χ2v) is 7.91. The van der Waals surface area contributed by atoms with E-state index in [9.17, 15) is 4.79 Å². The molecule has 0 aliphatic carbocycles. The third-order valence-electron chi connectivity index (χ3n) is 5.72. The molecule has 158 valence electrons. The minimum Gasteiger partial charge on any atom is -0.346 e. The van der Waals surface area contributed by atoms with Gasteiger partial charge in [0.25, 0.3) is 5.91 Å². The number of likely N-dealkylation sites (tertiary alicyclic amines) is 1. The van der Waals surface area contributed by atoms with Crippen LogP contribution in [0.4, 0.5) is 0 Å². The van der Waals surface area contributed by atoms with Gasteiger partial charge in [-0.25, -0.2) is 15.0 Å². The molecule has 1 aliphatic rings. The van der Waals surface area contributed by atoms with E-state index < -0.39 is 0 Å². The van der Waals surface area contributed by atoms with Gasteiger partial charge in [0.1, 0.15) is 11.5 Å². The van der Waals surface area contributed by atoms with E-state index >= 15 is 0 Å². The molecule has 0 saturated carbocycles. The van der Waals surface area contributed by atoms with E-state index in [2.05, 4.69) is 47.5 Å². The van der Waals surface area contributed by atoms with E-state index in [4.69, 9.17) is 0 Å². The third kappa shape index (κ3) is 4.17. The van der Waals surface area contributed by atoms with Gasteiger partial charge in [0, 0.05) is 37.1 Å². The quantitative estimate of drug-likeness (QED) is 0.515. The first kappa shape index (κ1) is 19.4. The first-order valence-electron chi connectivity index (χ1n) is 10.4. The zero-order valence-electron chi connectivity index (χ0n) is 17.3. The number of hydrogen-bond donors (Lipinski definition) is 2. The molecule has 0 unspecified atom stereocenters. The molecule has 4 heterocycles. The molecule has 2 N–H and O–H groups in total. The van der Waals surface area contributed by atoms with E-state index in [0.29, 0.717) is 24.6 Å². The number of imidazole rings is 1. The Morgan fingerprint density at radius 2 is 2.10 bits per heavy atom. The number of amides is 1. The number of aryl methyl sites for hydroxylation is 1. The Kier molecular flexibility index (Phi) is 5.17. The minimum atomic E-state index is -0.188. The van der Waals surface area contributed by atoms with Gasteiger partial charge in [0.15, 0.2) is 5.82 Å². The van der Waals surface area contributed by atoms with Gasteiger partial charge in [-0.05, 0) is 31.5 Å². The minimum absolute atomic E-state index is 0.0542. The second-order valence-electron chi connectivity index (χ2n) is 7.91. The van der Waals surface area contributed by atoms with Gasteiger partial charge in [-0.1, -0.05) is 30.3 Å². The van der Waals surface area contributed by atoms with Crippen molar-refractivity contribution in [2.45, 2.75) is 31.8 Å². The van der Waals surface area contributed by atoms with Crippen LogP contribution in [0.1, 0.15) is 40.0 Å². The number of aromatic amines is 1. The van der Waals surface area contributed by atoms with Crippen LogP contribution in [0.3, 0.4) is 0 Å². The van der Waals surface area contributed by atoms with Gasteiger partial charge in [-0.3, -0.25) is 19.2 Å². The highest BCUT2D eigenvalue weighted by molar-refractivity contribution is 5.93.